The lowest BCUT2D eigenvalue weighted by molar-refractivity contribution is 0.0650. The third-order valence-electron chi connectivity index (χ3n) is 2.59. The van der Waals surface area contributed by atoms with Gasteiger partial charge >= 0.3 is 5.69 Å². The average molecular weight is 210 g/mol. The Hall–Kier alpha value is -1.56. The van der Waals surface area contributed by atoms with Crippen molar-refractivity contribution in [2.75, 3.05) is 19.6 Å². The van der Waals surface area contributed by atoms with Gasteiger partial charge in [-0.2, -0.15) is 0 Å². The Morgan fingerprint density at radius 3 is 3.00 bits per heavy atom. The molecule has 0 bridgehead atoms. The zero-order valence-electron chi connectivity index (χ0n) is 8.54. The van der Waals surface area contributed by atoms with Gasteiger partial charge in [0.2, 0.25) is 0 Å². The lowest BCUT2D eigenvalue weighted by Gasteiger charge is -2.33. The Morgan fingerprint density at radius 2 is 2.40 bits per heavy atom. The van der Waals surface area contributed by atoms with Crippen LogP contribution in [0.2, 0.25) is 0 Å². The van der Waals surface area contributed by atoms with Crippen LogP contribution in [-0.4, -0.2) is 46.5 Å². The molecular formula is C9H14N4O2. The molecule has 0 radical (unpaired) electrons. The molecule has 6 heteroatoms. The Kier molecular flexibility index (Phi) is 2.59. The van der Waals surface area contributed by atoms with E-state index < -0.39 is 0 Å². The van der Waals surface area contributed by atoms with Crippen LogP contribution in [-0.2, 0) is 0 Å². The van der Waals surface area contributed by atoms with Crippen molar-refractivity contribution in [3.8, 4) is 0 Å². The topological polar surface area (TPSA) is 81.0 Å². The van der Waals surface area contributed by atoms with E-state index in [0.29, 0.717) is 12.2 Å². The van der Waals surface area contributed by atoms with Crippen molar-refractivity contribution >= 4 is 5.91 Å². The van der Waals surface area contributed by atoms with Crippen LogP contribution in [0.3, 0.4) is 0 Å². The number of carbonyl (C=O) groups is 1. The molecule has 1 atom stereocenters. The molecule has 1 amide bonds. The molecular weight excluding hydrogens is 196 g/mol. The number of H-pyrrole nitrogens is 2. The van der Waals surface area contributed by atoms with E-state index in [9.17, 15) is 9.59 Å². The summed E-state index contributed by atoms with van der Waals surface area (Å²) in [6, 6.07) is 0.157. The highest BCUT2D eigenvalue weighted by Gasteiger charge is 2.24. The summed E-state index contributed by atoms with van der Waals surface area (Å²) in [5.74, 6) is -0.123. The Labute approximate surface area is 86.7 Å². The highest BCUT2D eigenvalue weighted by Crippen LogP contribution is 2.06. The van der Waals surface area contributed by atoms with Crippen molar-refractivity contribution in [3.63, 3.8) is 0 Å². The second-order valence-corrected chi connectivity index (χ2v) is 3.71. The van der Waals surface area contributed by atoms with Crippen molar-refractivity contribution in [2.45, 2.75) is 13.0 Å². The van der Waals surface area contributed by atoms with E-state index in [1.165, 1.54) is 6.20 Å². The molecule has 3 N–H and O–H groups in total. The van der Waals surface area contributed by atoms with Crippen LogP contribution in [0.1, 0.15) is 17.4 Å². The van der Waals surface area contributed by atoms with Crippen LogP contribution in [0, 0.1) is 0 Å². The lowest BCUT2D eigenvalue weighted by atomic mass is 10.2. The lowest BCUT2D eigenvalue weighted by Crippen LogP contribution is -2.52. The summed E-state index contributed by atoms with van der Waals surface area (Å²) in [7, 11) is 0. The van der Waals surface area contributed by atoms with E-state index in [-0.39, 0.29) is 17.6 Å². The quantitative estimate of drug-likeness (QED) is 0.564. The van der Waals surface area contributed by atoms with E-state index in [2.05, 4.69) is 15.3 Å². The number of hydrogen-bond acceptors (Lipinski definition) is 3. The minimum Gasteiger partial charge on any atom is -0.332 e. The molecule has 82 valence electrons. The molecule has 2 rings (SSSR count). The van der Waals surface area contributed by atoms with Crippen molar-refractivity contribution in [1.82, 2.24) is 20.2 Å². The summed E-state index contributed by atoms with van der Waals surface area (Å²) in [4.78, 5) is 29.5. The summed E-state index contributed by atoms with van der Waals surface area (Å²) >= 11 is 0. The number of hydrogen-bond donors (Lipinski definition) is 3. The molecule has 2 heterocycles. The van der Waals surface area contributed by atoms with E-state index in [1.54, 1.807) is 4.90 Å². The normalized spacial score (nSPS) is 21.7. The molecule has 0 aliphatic carbocycles. The van der Waals surface area contributed by atoms with Crippen molar-refractivity contribution in [1.29, 1.82) is 0 Å². The predicted octanol–water partition coefficient (Wildman–Crippen LogP) is -0.863. The second kappa shape index (κ2) is 3.90. The summed E-state index contributed by atoms with van der Waals surface area (Å²) in [5.41, 5.74) is -0.0186. The first-order valence-corrected chi connectivity index (χ1v) is 4.98. The summed E-state index contributed by atoms with van der Waals surface area (Å²) in [6.45, 7) is 4.24. The van der Waals surface area contributed by atoms with Gasteiger partial charge in [-0.1, -0.05) is 0 Å². The van der Waals surface area contributed by atoms with Gasteiger partial charge in [0.05, 0.1) is 0 Å². The number of aromatic nitrogens is 2. The Morgan fingerprint density at radius 1 is 1.60 bits per heavy atom. The minimum absolute atomic E-state index is 0.123. The first kappa shape index (κ1) is 9.97. The van der Waals surface area contributed by atoms with E-state index in [1.807, 2.05) is 6.92 Å². The fourth-order valence-electron chi connectivity index (χ4n) is 1.74. The number of nitrogens with one attached hydrogen (secondary N) is 3. The molecule has 1 fully saturated rings. The fraction of sp³-hybridized carbons (Fsp3) is 0.556. The van der Waals surface area contributed by atoms with Crippen LogP contribution in [0.5, 0.6) is 0 Å². The van der Waals surface area contributed by atoms with E-state index in [4.69, 9.17) is 0 Å². The van der Waals surface area contributed by atoms with Gasteiger partial charge in [0.15, 0.2) is 0 Å². The smallest absolute Gasteiger partial charge is 0.323 e. The van der Waals surface area contributed by atoms with Gasteiger partial charge in [-0.05, 0) is 6.92 Å². The molecule has 1 aromatic rings. The molecule has 6 nitrogen and oxygen atoms in total. The average Bonchev–Trinajstić information content (AvgIpc) is 2.65. The highest BCUT2D eigenvalue weighted by molar-refractivity contribution is 5.92. The maximum absolute atomic E-state index is 11.9. The Bertz CT molecular complexity index is 408. The van der Waals surface area contributed by atoms with Gasteiger partial charge in [0.25, 0.3) is 5.91 Å². The number of piperazine rings is 1. The predicted molar refractivity (Wildman–Crippen MR) is 54.8 cm³/mol. The SMILES string of the molecule is C[C@H]1CNCCN1C(=O)c1c[nH]c(=O)[nH]1. The number of imidazole rings is 1. The van der Waals surface area contributed by atoms with Crippen molar-refractivity contribution < 1.29 is 4.79 Å². The number of amides is 1. The highest BCUT2D eigenvalue weighted by atomic mass is 16.2. The van der Waals surface area contributed by atoms with Crippen LogP contribution < -0.4 is 11.0 Å². The number of nitrogens with zero attached hydrogens (tertiary/aromatic N) is 1. The molecule has 0 saturated carbocycles. The first-order valence-electron chi connectivity index (χ1n) is 4.98. The zero-order chi connectivity index (χ0) is 10.8. The monoisotopic (exact) mass is 210 g/mol. The molecule has 1 aliphatic heterocycles. The maximum atomic E-state index is 11.9. The van der Waals surface area contributed by atoms with Crippen LogP contribution in [0.4, 0.5) is 0 Å². The maximum Gasteiger partial charge on any atom is 0.323 e. The molecule has 15 heavy (non-hydrogen) atoms. The van der Waals surface area contributed by atoms with E-state index >= 15 is 0 Å². The Balaban J connectivity index is 2.16. The van der Waals surface area contributed by atoms with Gasteiger partial charge < -0.3 is 20.2 Å². The molecule has 0 spiro atoms. The zero-order valence-corrected chi connectivity index (χ0v) is 8.54. The third kappa shape index (κ3) is 1.94. The van der Waals surface area contributed by atoms with Gasteiger partial charge in [0, 0.05) is 31.9 Å². The fourth-order valence-corrected chi connectivity index (χ4v) is 1.74. The largest absolute Gasteiger partial charge is 0.332 e. The van der Waals surface area contributed by atoms with Gasteiger partial charge in [-0.25, -0.2) is 4.79 Å². The number of carbonyl (C=O) groups excluding carboxylic acids is 1. The van der Waals surface area contributed by atoms with Crippen molar-refractivity contribution in [2.24, 2.45) is 0 Å². The first-order chi connectivity index (χ1) is 7.18. The standard InChI is InChI=1S/C9H14N4O2/c1-6-4-10-2-3-13(6)8(14)7-5-11-9(15)12-7/h5-6,10H,2-4H2,1H3,(H2,11,12,15)/t6-/m0/s1. The van der Waals surface area contributed by atoms with E-state index in [0.717, 1.165) is 13.1 Å². The second-order valence-electron chi connectivity index (χ2n) is 3.71. The molecule has 1 saturated heterocycles. The van der Waals surface area contributed by atoms with Gasteiger partial charge in [-0.15, -0.1) is 0 Å². The minimum atomic E-state index is -0.346. The number of rotatable bonds is 1. The number of aromatic amines is 2. The molecule has 1 aromatic heterocycles. The third-order valence-corrected chi connectivity index (χ3v) is 2.59. The van der Waals surface area contributed by atoms with Gasteiger partial charge in [0.1, 0.15) is 5.69 Å². The summed E-state index contributed by atoms with van der Waals surface area (Å²) < 4.78 is 0. The van der Waals surface area contributed by atoms with Crippen LogP contribution >= 0.6 is 0 Å². The summed E-state index contributed by atoms with van der Waals surface area (Å²) in [5, 5.41) is 3.20. The van der Waals surface area contributed by atoms with Gasteiger partial charge in [-0.3, -0.25) is 4.79 Å². The summed E-state index contributed by atoms with van der Waals surface area (Å²) in [6.07, 6.45) is 1.42. The van der Waals surface area contributed by atoms with Crippen molar-refractivity contribution in [3.05, 3.63) is 22.4 Å². The molecule has 0 aromatic carbocycles. The molecule has 1 aliphatic rings. The van der Waals surface area contributed by atoms with Crippen LogP contribution in [0.25, 0.3) is 0 Å². The molecule has 0 unspecified atom stereocenters. The van der Waals surface area contributed by atoms with Crippen LogP contribution in [0.15, 0.2) is 11.0 Å².